The quantitative estimate of drug-likeness (QED) is 0.587. The van der Waals surface area contributed by atoms with Crippen LogP contribution in [0, 0.1) is 11.3 Å². The molecule has 0 aromatic heterocycles. The fraction of sp³-hybridized carbons (Fsp3) is 0.882. The van der Waals surface area contributed by atoms with Gasteiger partial charge in [-0.3, -0.25) is 4.79 Å². The molecule has 0 aromatic rings. The number of nitrogens with one attached hydrogen (secondary N) is 1. The van der Waals surface area contributed by atoms with Crippen molar-refractivity contribution in [3.63, 3.8) is 0 Å². The number of amides is 1. The van der Waals surface area contributed by atoms with E-state index in [2.05, 4.69) is 12.2 Å². The highest BCUT2D eigenvalue weighted by Gasteiger charge is 2.43. The highest BCUT2D eigenvalue weighted by atomic mass is 32.2. The summed E-state index contributed by atoms with van der Waals surface area (Å²) in [7, 11) is 0. The largest absolute Gasteiger partial charge is 0.481 e. The molecule has 23 heavy (non-hydrogen) atoms. The van der Waals surface area contributed by atoms with E-state index in [-0.39, 0.29) is 6.54 Å². The van der Waals surface area contributed by atoms with Crippen molar-refractivity contribution in [3.05, 3.63) is 0 Å². The lowest BCUT2D eigenvalue weighted by Gasteiger charge is -2.30. The molecule has 1 unspecified atom stereocenters. The second-order valence-electron chi connectivity index (χ2n) is 7.39. The Morgan fingerprint density at radius 1 is 1.30 bits per heavy atom. The van der Waals surface area contributed by atoms with E-state index in [1.165, 1.54) is 0 Å². The molecule has 0 heterocycles. The van der Waals surface area contributed by atoms with E-state index >= 15 is 0 Å². The summed E-state index contributed by atoms with van der Waals surface area (Å²) in [5.41, 5.74) is -1.45. The predicted molar refractivity (Wildman–Crippen MR) is 93.9 cm³/mol. The zero-order valence-corrected chi connectivity index (χ0v) is 15.6. The first-order valence-corrected chi connectivity index (χ1v) is 9.62. The number of alkyl carbamates (subject to hydrolysis) is 1. The van der Waals surface area contributed by atoms with Gasteiger partial charge in [-0.15, -0.1) is 0 Å². The molecule has 6 heteroatoms. The number of carboxylic acids is 1. The molecule has 1 atom stereocenters. The average Bonchev–Trinajstić information content (AvgIpc) is 3.22. The molecule has 5 nitrogen and oxygen atoms in total. The van der Waals surface area contributed by atoms with Gasteiger partial charge in [0.2, 0.25) is 0 Å². The first kappa shape index (κ1) is 20.1. The van der Waals surface area contributed by atoms with Gasteiger partial charge in [0, 0.05) is 6.54 Å². The third kappa shape index (κ3) is 7.95. The summed E-state index contributed by atoms with van der Waals surface area (Å²) >= 11 is 1.82. The summed E-state index contributed by atoms with van der Waals surface area (Å²) in [4.78, 5) is 23.8. The van der Waals surface area contributed by atoms with Gasteiger partial charge in [-0.1, -0.05) is 19.8 Å². The van der Waals surface area contributed by atoms with Gasteiger partial charge in [-0.25, -0.2) is 4.79 Å². The molecule has 0 aromatic carbocycles. The van der Waals surface area contributed by atoms with Crippen LogP contribution < -0.4 is 5.32 Å². The molecule has 1 amide bonds. The van der Waals surface area contributed by atoms with Crippen molar-refractivity contribution in [2.45, 2.75) is 65.4 Å². The van der Waals surface area contributed by atoms with Gasteiger partial charge in [0.25, 0.3) is 0 Å². The SMILES string of the molecule is CCSCCCC(CNC(=O)OC(C)(C)C)(CC1CC1)C(=O)O. The molecular formula is C17H31NO4S. The third-order valence-electron chi connectivity index (χ3n) is 3.95. The number of ether oxygens (including phenoxy) is 1. The standard InChI is InChI=1S/C17H31NO4S/c1-5-23-10-6-9-17(14(19)20,11-13-7-8-13)12-18-15(21)22-16(2,3)4/h13H,5-12H2,1-4H3,(H,18,21)(H,19,20). The normalized spacial score (nSPS) is 17.4. The van der Waals surface area contributed by atoms with Gasteiger partial charge in [0.1, 0.15) is 5.60 Å². The van der Waals surface area contributed by atoms with E-state index in [0.29, 0.717) is 18.8 Å². The fourth-order valence-corrected chi connectivity index (χ4v) is 3.26. The Morgan fingerprint density at radius 2 is 1.96 bits per heavy atom. The zero-order valence-electron chi connectivity index (χ0n) is 14.8. The fourth-order valence-electron chi connectivity index (χ4n) is 2.62. The number of aliphatic carboxylic acids is 1. The first-order valence-electron chi connectivity index (χ1n) is 8.46. The second-order valence-corrected chi connectivity index (χ2v) is 8.78. The van der Waals surface area contributed by atoms with Crippen LogP contribution in [0.4, 0.5) is 4.79 Å². The van der Waals surface area contributed by atoms with Gasteiger partial charge < -0.3 is 15.2 Å². The number of rotatable bonds is 10. The van der Waals surface area contributed by atoms with Crippen molar-refractivity contribution in [2.24, 2.45) is 11.3 Å². The molecule has 1 rings (SSSR count). The monoisotopic (exact) mass is 345 g/mol. The first-order chi connectivity index (χ1) is 10.7. The molecule has 0 saturated heterocycles. The van der Waals surface area contributed by atoms with Gasteiger partial charge >= 0.3 is 12.1 Å². The number of hydrogen-bond acceptors (Lipinski definition) is 4. The zero-order chi connectivity index (χ0) is 17.5. The molecule has 0 bridgehead atoms. The molecule has 1 aliphatic rings. The predicted octanol–water partition coefficient (Wildman–Crippen LogP) is 3.92. The van der Waals surface area contributed by atoms with Gasteiger partial charge in [-0.05, 0) is 57.5 Å². The molecule has 0 spiro atoms. The molecule has 1 saturated carbocycles. The molecule has 0 radical (unpaired) electrons. The molecule has 0 aliphatic heterocycles. The number of hydrogen-bond donors (Lipinski definition) is 2. The van der Waals surface area contributed by atoms with Gasteiger partial charge in [0.05, 0.1) is 5.41 Å². The van der Waals surface area contributed by atoms with Crippen LogP contribution in [0.25, 0.3) is 0 Å². The van der Waals surface area contributed by atoms with Crippen LogP contribution in [0.3, 0.4) is 0 Å². The Bertz CT molecular complexity index is 404. The minimum Gasteiger partial charge on any atom is -0.481 e. The highest BCUT2D eigenvalue weighted by molar-refractivity contribution is 7.99. The van der Waals surface area contributed by atoms with Crippen molar-refractivity contribution in [2.75, 3.05) is 18.1 Å². The average molecular weight is 346 g/mol. The van der Waals surface area contributed by atoms with E-state index in [4.69, 9.17) is 4.74 Å². The van der Waals surface area contributed by atoms with Crippen molar-refractivity contribution in [1.29, 1.82) is 0 Å². The lowest BCUT2D eigenvalue weighted by Crippen LogP contribution is -2.45. The number of carbonyl (C=O) groups excluding carboxylic acids is 1. The Hall–Kier alpha value is -0.910. The van der Waals surface area contributed by atoms with Crippen LogP contribution in [-0.4, -0.2) is 40.8 Å². The maximum atomic E-state index is 11.9. The minimum atomic E-state index is -0.869. The number of carbonyl (C=O) groups is 2. The van der Waals surface area contributed by atoms with Crippen LogP contribution in [0.5, 0.6) is 0 Å². The smallest absolute Gasteiger partial charge is 0.407 e. The third-order valence-corrected chi connectivity index (χ3v) is 4.93. The van der Waals surface area contributed by atoms with E-state index in [0.717, 1.165) is 30.8 Å². The molecule has 1 fully saturated rings. The Morgan fingerprint density at radius 3 is 2.43 bits per heavy atom. The van der Waals surface area contributed by atoms with Crippen LogP contribution in [-0.2, 0) is 9.53 Å². The maximum Gasteiger partial charge on any atom is 0.407 e. The highest BCUT2D eigenvalue weighted by Crippen LogP contribution is 2.43. The number of carboxylic acid groups (broad SMARTS) is 1. The lowest BCUT2D eigenvalue weighted by atomic mass is 9.78. The summed E-state index contributed by atoms with van der Waals surface area (Å²) in [6.07, 6.45) is 3.77. The number of thioether (sulfide) groups is 1. The van der Waals surface area contributed by atoms with Crippen molar-refractivity contribution < 1.29 is 19.4 Å². The van der Waals surface area contributed by atoms with E-state index in [1.54, 1.807) is 20.8 Å². The summed E-state index contributed by atoms with van der Waals surface area (Å²) in [5.74, 6) is 1.69. The molecule has 134 valence electrons. The maximum absolute atomic E-state index is 11.9. The van der Waals surface area contributed by atoms with Crippen LogP contribution in [0.15, 0.2) is 0 Å². The van der Waals surface area contributed by atoms with Gasteiger partial charge in [0.15, 0.2) is 0 Å². The second kappa shape index (κ2) is 8.81. The Balaban J connectivity index is 2.64. The van der Waals surface area contributed by atoms with E-state index in [9.17, 15) is 14.7 Å². The van der Waals surface area contributed by atoms with Crippen LogP contribution >= 0.6 is 11.8 Å². The van der Waals surface area contributed by atoms with Crippen LogP contribution in [0.2, 0.25) is 0 Å². The summed E-state index contributed by atoms with van der Waals surface area (Å²) in [5, 5.41) is 12.5. The summed E-state index contributed by atoms with van der Waals surface area (Å²) in [6, 6.07) is 0. The van der Waals surface area contributed by atoms with E-state index < -0.39 is 23.1 Å². The minimum absolute atomic E-state index is 0.143. The Kier molecular flexibility index (Phi) is 7.71. The molecular weight excluding hydrogens is 314 g/mol. The topological polar surface area (TPSA) is 75.6 Å². The summed E-state index contributed by atoms with van der Waals surface area (Å²) < 4.78 is 5.23. The van der Waals surface area contributed by atoms with Gasteiger partial charge in [-0.2, -0.15) is 11.8 Å². The molecule has 2 N–H and O–H groups in total. The Labute approximate surface area is 143 Å². The van der Waals surface area contributed by atoms with Crippen molar-refractivity contribution in [1.82, 2.24) is 5.32 Å². The van der Waals surface area contributed by atoms with Crippen LogP contribution in [0.1, 0.15) is 59.8 Å². The van der Waals surface area contributed by atoms with Crippen molar-refractivity contribution >= 4 is 23.8 Å². The lowest BCUT2D eigenvalue weighted by molar-refractivity contribution is -0.150. The summed E-state index contributed by atoms with van der Waals surface area (Å²) in [6.45, 7) is 7.63. The van der Waals surface area contributed by atoms with E-state index in [1.807, 2.05) is 11.8 Å². The molecule has 1 aliphatic carbocycles. The van der Waals surface area contributed by atoms with Crippen molar-refractivity contribution in [3.8, 4) is 0 Å².